The number of hydrogen-bond acceptors (Lipinski definition) is 4. The lowest BCUT2D eigenvalue weighted by Crippen LogP contribution is -2.26. The molecule has 2 heterocycles. The highest BCUT2D eigenvalue weighted by Gasteiger charge is 2.22. The molecule has 0 aliphatic carbocycles. The second-order valence-electron chi connectivity index (χ2n) is 3.61. The first-order chi connectivity index (χ1) is 8.00. The Bertz CT molecular complexity index is 608. The maximum atomic E-state index is 11.5. The van der Waals surface area contributed by atoms with Crippen LogP contribution in [-0.2, 0) is 11.8 Å². The van der Waals surface area contributed by atoms with Gasteiger partial charge in [0.2, 0.25) is 0 Å². The van der Waals surface area contributed by atoms with Crippen molar-refractivity contribution in [1.29, 1.82) is 0 Å². The highest BCUT2D eigenvalue weighted by Crippen LogP contribution is 2.15. The van der Waals surface area contributed by atoms with Crippen LogP contribution in [0.4, 0.5) is 0 Å². The van der Waals surface area contributed by atoms with Crippen molar-refractivity contribution in [2.24, 2.45) is 7.05 Å². The molecule has 0 amide bonds. The monoisotopic (exact) mass is 237 g/mol. The van der Waals surface area contributed by atoms with Crippen LogP contribution in [-0.4, -0.2) is 35.6 Å². The third-order valence-electron chi connectivity index (χ3n) is 2.39. The van der Waals surface area contributed by atoms with Gasteiger partial charge in [0.1, 0.15) is 11.7 Å². The van der Waals surface area contributed by atoms with Crippen LogP contribution in [0.2, 0.25) is 0 Å². The van der Waals surface area contributed by atoms with Gasteiger partial charge in [-0.25, -0.2) is 14.7 Å². The fraction of sp³-hybridized carbons (Fsp3) is 0.333. The number of carboxylic acid groups (broad SMARTS) is 1. The number of nitrogens with zero attached hydrogens (tertiary/aromatic N) is 4. The molecule has 17 heavy (non-hydrogen) atoms. The van der Waals surface area contributed by atoms with E-state index in [1.165, 1.54) is 6.92 Å². The molecule has 90 valence electrons. The van der Waals surface area contributed by atoms with Crippen LogP contribution in [0, 0.1) is 0 Å². The molecule has 0 saturated carbocycles. The molecule has 2 aromatic rings. The third-order valence-corrected chi connectivity index (χ3v) is 2.39. The number of carboxylic acids is 1. The molecule has 0 saturated heterocycles. The van der Waals surface area contributed by atoms with Gasteiger partial charge < -0.3 is 5.11 Å². The summed E-state index contributed by atoms with van der Waals surface area (Å²) in [5.41, 5.74) is -0.125. The van der Waals surface area contributed by atoms with E-state index in [1.54, 1.807) is 24.0 Å². The number of rotatable bonds is 3. The molecular formula is C9H11N5O3. The first kappa shape index (κ1) is 11.1. The number of carbonyl (C=O) groups is 1. The highest BCUT2D eigenvalue weighted by atomic mass is 16.4. The van der Waals surface area contributed by atoms with Crippen LogP contribution in [0.25, 0.3) is 11.5 Å². The Morgan fingerprint density at radius 2 is 2.29 bits per heavy atom. The van der Waals surface area contributed by atoms with Crippen molar-refractivity contribution in [1.82, 2.24) is 24.5 Å². The summed E-state index contributed by atoms with van der Waals surface area (Å²) in [7, 11) is 1.72. The van der Waals surface area contributed by atoms with Gasteiger partial charge in [-0.2, -0.15) is 10.2 Å². The van der Waals surface area contributed by atoms with E-state index in [1.807, 2.05) is 0 Å². The summed E-state index contributed by atoms with van der Waals surface area (Å²) >= 11 is 0. The second kappa shape index (κ2) is 3.89. The number of aryl methyl sites for hydroxylation is 1. The minimum Gasteiger partial charge on any atom is -0.480 e. The SMILES string of the molecule is C[C@@H](C(=O)O)n1c(-c2ccn(C)n2)n[nH]c1=O. The zero-order valence-electron chi connectivity index (χ0n) is 9.28. The molecular weight excluding hydrogens is 226 g/mol. The Morgan fingerprint density at radius 1 is 1.59 bits per heavy atom. The topological polar surface area (TPSA) is 106 Å². The van der Waals surface area contributed by atoms with Crippen LogP contribution in [0.3, 0.4) is 0 Å². The fourth-order valence-electron chi connectivity index (χ4n) is 1.49. The Hall–Kier alpha value is -2.38. The van der Waals surface area contributed by atoms with E-state index < -0.39 is 17.7 Å². The molecule has 0 spiro atoms. The maximum absolute atomic E-state index is 11.5. The van der Waals surface area contributed by atoms with E-state index in [2.05, 4.69) is 15.3 Å². The van der Waals surface area contributed by atoms with Crippen LogP contribution in [0.1, 0.15) is 13.0 Å². The van der Waals surface area contributed by atoms with E-state index in [9.17, 15) is 9.59 Å². The van der Waals surface area contributed by atoms with Crippen molar-refractivity contribution in [2.75, 3.05) is 0 Å². The van der Waals surface area contributed by atoms with E-state index in [-0.39, 0.29) is 5.82 Å². The Balaban J connectivity index is 2.57. The van der Waals surface area contributed by atoms with Gasteiger partial charge in [0.05, 0.1) is 0 Å². The number of H-pyrrole nitrogens is 1. The smallest absolute Gasteiger partial charge is 0.344 e. The molecule has 0 radical (unpaired) electrons. The van der Waals surface area contributed by atoms with Crippen LogP contribution >= 0.6 is 0 Å². The molecule has 0 aliphatic rings. The molecule has 0 aliphatic heterocycles. The van der Waals surface area contributed by atoms with Crippen LogP contribution < -0.4 is 5.69 Å². The molecule has 0 aromatic carbocycles. The van der Waals surface area contributed by atoms with E-state index >= 15 is 0 Å². The van der Waals surface area contributed by atoms with Crippen molar-refractivity contribution in [3.05, 3.63) is 22.7 Å². The van der Waals surface area contributed by atoms with Crippen molar-refractivity contribution in [3.8, 4) is 11.5 Å². The van der Waals surface area contributed by atoms with Crippen molar-refractivity contribution >= 4 is 5.97 Å². The van der Waals surface area contributed by atoms with Gasteiger partial charge in [-0.15, -0.1) is 0 Å². The lowest BCUT2D eigenvalue weighted by molar-refractivity contribution is -0.140. The minimum atomic E-state index is -1.11. The van der Waals surface area contributed by atoms with Gasteiger partial charge in [-0.1, -0.05) is 0 Å². The molecule has 0 unspecified atom stereocenters. The number of aromatic amines is 1. The Kier molecular flexibility index (Phi) is 2.54. The summed E-state index contributed by atoms with van der Waals surface area (Å²) in [5.74, 6) is -0.892. The number of aliphatic carboxylic acids is 1. The average molecular weight is 237 g/mol. The third kappa shape index (κ3) is 1.84. The largest absolute Gasteiger partial charge is 0.480 e. The maximum Gasteiger partial charge on any atom is 0.344 e. The quantitative estimate of drug-likeness (QED) is 0.756. The predicted octanol–water partition coefficient (Wildman–Crippen LogP) is -0.383. The zero-order valence-corrected chi connectivity index (χ0v) is 9.28. The molecule has 8 heteroatoms. The van der Waals surface area contributed by atoms with Gasteiger partial charge in [0, 0.05) is 13.2 Å². The van der Waals surface area contributed by atoms with E-state index in [4.69, 9.17) is 5.11 Å². The number of hydrogen-bond donors (Lipinski definition) is 2. The van der Waals surface area contributed by atoms with Crippen molar-refractivity contribution < 1.29 is 9.90 Å². The fourth-order valence-corrected chi connectivity index (χ4v) is 1.49. The summed E-state index contributed by atoms with van der Waals surface area (Å²) in [6.07, 6.45) is 1.68. The molecule has 8 nitrogen and oxygen atoms in total. The minimum absolute atomic E-state index is 0.213. The van der Waals surface area contributed by atoms with E-state index in [0.29, 0.717) is 5.69 Å². The Labute approximate surface area is 95.5 Å². The lowest BCUT2D eigenvalue weighted by Gasteiger charge is -2.07. The van der Waals surface area contributed by atoms with Crippen molar-refractivity contribution in [3.63, 3.8) is 0 Å². The standard InChI is InChI=1S/C9H11N5O3/c1-5(8(15)16)14-7(10-11-9(14)17)6-3-4-13(2)12-6/h3-5H,1-2H3,(H,11,17)(H,15,16)/t5-/m0/s1. The van der Waals surface area contributed by atoms with Gasteiger partial charge in [0.25, 0.3) is 0 Å². The predicted molar refractivity (Wildman–Crippen MR) is 57.4 cm³/mol. The Morgan fingerprint density at radius 3 is 2.82 bits per heavy atom. The normalized spacial score (nSPS) is 12.6. The molecule has 2 N–H and O–H groups in total. The summed E-state index contributed by atoms with van der Waals surface area (Å²) in [5, 5.41) is 19.0. The van der Waals surface area contributed by atoms with Crippen LogP contribution in [0.5, 0.6) is 0 Å². The van der Waals surface area contributed by atoms with Gasteiger partial charge in [-0.3, -0.25) is 9.25 Å². The summed E-state index contributed by atoms with van der Waals surface area (Å²) in [6, 6.07) is 0.652. The molecule has 1 atom stereocenters. The molecule has 2 aromatic heterocycles. The van der Waals surface area contributed by atoms with E-state index in [0.717, 1.165) is 4.57 Å². The molecule has 0 bridgehead atoms. The lowest BCUT2D eigenvalue weighted by atomic mass is 10.3. The number of nitrogens with one attached hydrogen (secondary N) is 1. The zero-order chi connectivity index (χ0) is 12.6. The first-order valence-electron chi connectivity index (χ1n) is 4.90. The van der Waals surface area contributed by atoms with Crippen LogP contribution in [0.15, 0.2) is 17.1 Å². The summed E-state index contributed by atoms with van der Waals surface area (Å²) in [6.45, 7) is 1.41. The second-order valence-corrected chi connectivity index (χ2v) is 3.61. The average Bonchev–Trinajstić information content (AvgIpc) is 2.83. The van der Waals surface area contributed by atoms with Gasteiger partial charge in [0.15, 0.2) is 5.82 Å². The summed E-state index contributed by atoms with van der Waals surface area (Å²) < 4.78 is 2.61. The number of aromatic nitrogens is 5. The summed E-state index contributed by atoms with van der Waals surface area (Å²) in [4.78, 5) is 22.4. The van der Waals surface area contributed by atoms with Gasteiger partial charge in [-0.05, 0) is 13.0 Å². The molecule has 2 rings (SSSR count). The van der Waals surface area contributed by atoms with Gasteiger partial charge >= 0.3 is 11.7 Å². The highest BCUT2D eigenvalue weighted by molar-refractivity contribution is 5.72. The molecule has 0 fully saturated rings. The van der Waals surface area contributed by atoms with Crippen molar-refractivity contribution in [2.45, 2.75) is 13.0 Å². The first-order valence-corrected chi connectivity index (χ1v) is 4.90.